The van der Waals surface area contributed by atoms with Gasteiger partial charge in [0.25, 0.3) is 0 Å². The molecule has 16 heavy (non-hydrogen) atoms. The molecule has 0 unspecified atom stereocenters. The normalized spacial score (nSPS) is 12.6. The Morgan fingerprint density at radius 3 is 2.06 bits per heavy atom. The van der Waals surface area contributed by atoms with Gasteiger partial charge in [-0.25, -0.2) is 0 Å². The maximum atomic E-state index is 7.97. The SMILES string of the molecule is CC(C)([OH2+])C(C)(C)O[B]c1ccc(N)cc1. The Morgan fingerprint density at radius 2 is 1.62 bits per heavy atom. The Balaban J connectivity index is 2.61. The minimum atomic E-state index is -0.655. The van der Waals surface area contributed by atoms with Gasteiger partial charge in [0.1, 0.15) is 5.60 Å². The fraction of sp³-hybridized carbons (Fsp3) is 0.500. The van der Waals surface area contributed by atoms with Crippen LogP contribution in [0.3, 0.4) is 0 Å². The van der Waals surface area contributed by atoms with E-state index in [0.29, 0.717) is 0 Å². The molecule has 1 aromatic rings. The van der Waals surface area contributed by atoms with Crippen LogP contribution in [0.4, 0.5) is 5.69 Å². The second-order valence-electron chi connectivity index (χ2n) is 5.04. The topological polar surface area (TPSA) is 58.1 Å². The van der Waals surface area contributed by atoms with E-state index in [1.807, 2.05) is 52.0 Å². The van der Waals surface area contributed by atoms with E-state index < -0.39 is 11.2 Å². The highest BCUT2D eigenvalue weighted by Gasteiger charge is 2.40. The molecule has 0 saturated carbocycles. The molecular formula is C12H20BNO2+. The van der Waals surface area contributed by atoms with Crippen LogP contribution in [-0.4, -0.2) is 23.8 Å². The molecule has 0 fully saturated rings. The highest BCUT2D eigenvalue weighted by Crippen LogP contribution is 2.24. The van der Waals surface area contributed by atoms with Gasteiger partial charge in [0, 0.05) is 19.5 Å². The Morgan fingerprint density at radius 1 is 1.12 bits per heavy atom. The summed E-state index contributed by atoms with van der Waals surface area (Å²) in [6.07, 6.45) is 0. The first-order chi connectivity index (χ1) is 7.22. The molecule has 0 aliphatic carbocycles. The van der Waals surface area contributed by atoms with Crippen molar-refractivity contribution in [2.45, 2.75) is 38.9 Å². The van der Waals surface area contributed by atoms with E-state index in [1.165, 1.54) is 0 Å². The molecule has 4 N–H and O–H groups in total. The van der Waals surface area contributed by atoms with Crippen LogP contribution in [0.5, 0.6) is 0 Å². The van der Waals surface area contributed by atoms with Gasteiger partial charge in [-0.05, 0) is 26.0 Å². The zero-order valence-corrected chi connectivity index (χ0v) is 10.4. The van der Waals surface area contributed by atoms with Gasteiger partial charge in [-0.2, -0.15) is 0 Å². The zero-order chi connectivity index (χ0) is 12.4. The molecule has 4 heteroatoms. The number of anilines is 1. The molecule has 0 heterocycles. The largest absolute Gasteiger partial charge is 0.439 e. The van der Waals surface area contributed by atoms with Gasteiger partial charge in [0.05, 0.1) is 0 Å². The summed E-state index contributed by atoms with van der Waals surface area (Å²) in [6.45, 7) is 7.50. The van der Waals surface area contributed by atoms with Crippen LogP contribution in [0.1, 0.15) is 27.7 Å². The van der Waals surface area contributed by atoms with Crippen molar-refractivity contribution >= 4 is 18.6 Å². The first kappa shape index (κ1) is 13.1. The van der Waals surface area contributed by atoms with E-state index in [4.69, 9.17) is 15.5 Å². The lowest BCUT2D eigenvalue weighted by Gasteiger charge is -2.33. The van der Waals surface area contributed by atoms with E-state index in [0.717, 1.165) is 11.2 Å². The highest BCUT2D eigenvalue weighted by molar-refractivity contribution is 6.47. The average Bonchev–Trinajstić information content (AvgIpc) is 2.15. The molecule has 0 bridgehead atoms. The molecule has 1 rings (SSSR count). The summed E-state index contributed by atoms with van der Waals surface area (Å²) in [5.41, 5.74) is 6.09. The van der Waals surface area contributed by atoms with Crippen LogP contribution >= 0.6 is 0 Å². The molecular weight excluding hydrogens is 201 g/mol. The van der Waals surface area contributed by atoms with Crippen LogP contribution in [0.2, 0.25) is 0 Å². The molecule has 1 aromatic carbocycles. The van der Waals surface area contributed by atoms with Gasteiger partial charge < -0.3 is 15.5 Å². The van der Waals surface area contributed by atoms with Crippen molar-refractivity contribution < 1.29 is 9.76 Å². The molecule has 0 saturated heterocycles. The van der Waals surface area contributed by atoms with Crippen LogP contribution in [0, 0.1) is 0 Å². The second kappa shape index (κ2) is 4.48. The van der Waals surface area contributed by atoms with Gasteiger partial charge in [-0.15, -0.1) is 0 Å². The number of rotatable bonds is 4. The summed E-state index contributed by atoms with van der Waals surface area (Å²) in [5, 5.41) is 7.97. The summed E-state index contributed by atoms with van der Waals surface area (Å²) in [6, 6.07) is 7.44. The lowest BCUT2D eigenvalue weighted by molar-refractivity contribution is -0.0893. The van der Waals surface area contributed by atoms with Crippen molar-refractivity contribution in [1.29, 1.82) is 0 Å². The molecule has 0 atom stereocenters. The van der Waals surface area contributed by atoms with Crippen LogP contribution < -0.4 is 11.2 Å². The third-order valence-electron chi connectivity index (χ3n) is 2.93. The Bertz CT molecular complexity index is 341. The fourth-order valence-corrected chi connectivity index (χ4v) is 0.937. The van der Waals surface area contributed by atoms with Crippen molar-refractivity contribution in [3.05, 3.63) is 24.3 Å². The summed E-state index contributed by atoms with van der Waals surface area (Å²) >= 11 is 0. The molecule has 1 radical (unpaired) electrons. The first-order valence-electron chi connectivity index (χ1n) is 5.34. The number of nitrogens with two attached hydrogens (primary N) is 1. The lowest BCUT2D eigenvalue weighted by atomic mass is 9.82. The van der Waals surface area contributed by atoms with Crippen molar-refractivity contribution in [2.75, 3.05) is 5.73 Å². The summed E-state index contributed by atoms with van der Waals surface area (Å²) in [5.74, 6) is 0. The standard InChI is InChI=1S/C12H19BNO2/c1-11(2,15)12(3,4)16-13-9-5-7-10(14)8-6-9/h5-8,15H,14H2,1-4H3/p+1. The summed E-state index contributed by atoms with van der Waals surface area (Å²) in [7, 11) is 1.68. The Hall–Kier alpha value is -0.995. The summed E-state index contributed by atoms with van der Waals surface area (Å²) in [4.78, 5) is 0. The van der Waals surface area contributed by atoms with Gasteiger partial charge in [-0.1, -0.05) is 17.6 Å². The maximum absolute atomic E-state index is 7.97. The third kappa shape index (κ3) is 3.25. The fourth-order valence-electron chi connectivity index (χ4n) is 0.937. The number of hydrogen-bond donors (Lipinski definition) is 1. The number of nitrogen functional groups attached to an aromatic ring is 1. The monoisotopic (exact) mass is 221 g/mol. The third-order valence-corrected chi connectivity index (χ3v) is 2.93. The Kier molecular flexibility index (Phi) is 3.66. The van der Waals surface area contributed by atoms with Crippen LogP contribution in [-0.2, 0) is 4.65 Å². The van der Waals surface area contributed by atoms with Crippen molar-refractivity contribution in [3.63, 3.8) is 0 Å². The number of hydrogen-bond acceptors (Lipinski definition) is 2. The van der Waals surface area contributed by atoms with Gasteiger partial charge in [-0.3, -0.25) is 0 Å². The van der Waals surface area contributed by atoms with E-state index >= 15 is 0 Å². The van der Waals surface area contributed by atoms with E-state index in [2.05, 4.69) is 0 Å². The lowest BCUT2D eigenvalue weighted by Crippen LogP contribution is -2.49. The van der Waals surface area contributed by atoms with E-state index in [-0.39, 0.29) is 0 Å². The van der Waals surface area contributed by atoms with Crippen molar-refractivity contribution in [2.24, 2.45) is 0 Å². The summed E-state index contributed by atoms with van der Waals surface area (Å²) < 4.78 is 5.67. The number of benzene rings is 1. The Labute approximate surface area is 97.9 Å². The molecule has 3 nitrogen and oxygen atoms in total. The molecule has 0 spiro atoms. The molecule has 87 valence electrons. The molecule has 0 amide bonds. The van der Waals surface area contributed by atoms with Crippen LogP contribution in [0.25, 0.3) is 0 Å². The van der Waals surface area contributed by atoms with Crippen molar-refractivity contribution in [1.82, 2.24) is 0 Å². The smallest absolute Gasteiger partial charge is 0.331 e. The second-order valence-corrected chi connectivity index (χ2v) is 5.04. The quantitative estimate of drug-likeness (QED) is 0.464. The zero-order valence-electron chi connectivity index (χ0n) is 10.4. The van der Waals surface area contributed by atoms with Crippen molar-refractivity contribution in [3.8, 4) is 0 Å². The molecule has 0 aliphatic heterocycles. The minimum absolute atomic E-state index is 0.533. The van der Waals surface area contributed by atoms with Crippen LogP contribution in [0.15, 0.2) is 24.3 Å². The van der Waals surface area contributed by atoms with E-state index in [1.54, 1.807) is 7.48 Å². The minimum Gasteiger partial charge on any atom is -0.439 e. The predicted octanol–water partition coefficient (Wildman–Crippen LogP) is 0.812. The predicted molar refractivity (Wildman–Crippen MR) is 69.1 cm³/mol. The van der Waals surface area contributed by atoms with Gasteiger partial charge in [0.15, 0.2) is 5.60 Å². The van der Waals surface area contributed by atoms with E-state index in [9.17, 15) is 0 Å². The average molecular weight is 221 g/mol. The first-order valence-corrected chi connectivity index (χ1v) is 5.34. The maximum Gasteiger partial charge on any atom is 0.331 e. The molecule has 0 aliphatic rings. The van der Waals surface area contributed by atoms with Gasteiger partial charge >= 0.3 is 7.48 Å². The van der Waals surface area contributed by atoms with Gasteiger partial charge in [0.2, 0.25) is 0 Å². The highest BCUT2D eigenvalue weighted by atomic mass is 16.5. The molecule has 0 aromatic heterocycles.